The summed E-state index contributed by atoms with van der Waals surface area (Å²) in [5, 5.41) is 0. The molecule has 0 rings (SSSR count). The van der Waals surface area contributed by atoms with Gasteiger partial charge in [0.2, 0.25) is 0 Å². The first kappa shape index (κ1) is 14.3. The van der Waals surface area contributed by atoms with E-state index in [9.17, 15) is 9.59 Å². The van der Waals surface area contributed by atoms with E-state index in [1.54, 1.807) is 6.92 Å². The van der Waals surface area contributed by atoms with Crippen LogP contribution in [0.4, 0.5) is 0 Å². The quantitative estimate of drug-likeness (QED) is 0.352. The predicted molar refractivity (Wildman–Crippen MR) is 56.6 cm³/mol. The first-order valence-corrected chi connectivity index (χ1v) is 5.15. The van der Waals surface area contributed by atoms with Gasteiger partial charge in [0.1, 0.15) is 12.1 Å². The van der Waals surface area contributed by atoms with Crippen molar-refractivity contribution in [2.75, 3.05) is 7.11 Å². The predicted octanol–water partition coefficient (Wildman–Crippen LogP) is 1.71. The summed E-state index contributed by atoms with van der Waals surface area (Å²) in [6, 6.07) is 0. The number of aldehydes is 1. The molecule has 15 heavy (non-hydrogen) atoms. The van der Waals surface area contributed by atoms with Crippen LogP contribution in [0.2, 0.25) is 0 Å². The molecule has 2 atom stereocenters. The summed E-state index contributed by atoms with van der Waals surface area (Å²) in [6.07, 6.45) is 1.50. The molecule has 88 valence electrons. The molecule has 4 nitrogen and oxygen atoms in total. The number of rotatable bonds is 8. The third-order valence-electron chi connectivity index (χ3n) is 2.29. The lowest BCUT2D eigenvalue weighted by Gasteiger charge is -2.30. The second kappa shape index (κ2) is 6.69. The number of carbonyl (C=O) groups excluding carboxylic acids is 2. The van der Waals surface area contributed by atoms with Crippen LogP contribution in [0.15, 0.2) is 0 Å². The second-order valence-electron chi connectivity index (χ2n) is 3.76. The van der Waals surface area contributed by atoms with E-state index in [-0.39, 0.29) is 24.7 Å². The van der Waals surface area contributed by atoms with Crippen molar-refractivity contribution in [3.05, 3.63) is 0 Å². The van der Waals surface area contributed by atoms with E-state index in [2.05, 4.69) is 0 Å². The Kier molecular flexibility index (Phi) is 6.36. The molecule has 0 amide bonds. The molecule has 2 unspecified atom stereocenters. The molecule has 0 aliphatic heterocycles. The zero-order chi connectivity index (χ0) is 11.9. The Labute approximate surface area is 90.9 Å². The molecule has 0 spiro atoms. The normalized spacial score (nSPS) is 16.8. The van der Waals surface area contributed by atoms with Crippen LogP contribution < -0.4 is 0 Å². The van der Waals surface area contributed by atoms with Crippen LogP contribution in [0.3, 0.4) is 0 Å². The highest BCUT2D eigenvalue weighted by molar-refractivity contribution is 5.90. The summed E-state index contributed by atoms with van der Waals surface area (Å²) >= 11 is 0. The fraction of sp³-hybridized carbons (Fsp3) is 0.818. The van der Waals surface area contributed by atoms with Crippen molar-refractivity contribution in [3.8, 4) is 0 Å². The summed E-state index contributed by atoms with van der Waals surface area (Å²) in [6.45, 7) is 5.62. The lowest BCUT2D eigenvalue weighted by Crippen LogP contribution is -2.37. The molecule has 4 heteroatoms. The molecule has 0 aromatic carbocycles. The zero-order valence-electron chi connectivity index (χ0n) is 9.91. The van der Waals surface area contributed by atoms with E-state index in [4.69, 9.17) is 9.47 Å². The molecule has 0 heterocycles. The van der Waals surface area contributed by atoms with Gasteiger partial charge in [-0.15, -0.1) is 0 Å². The van der Waals surface area contributed by atoms with Crippen molar-refractivity contribution in [1.29, 1.82) is 0 Å². The Morgan fingerprint density at radius 3 is 2.53 bits per heavy atom. The van der Waals surface area contributed by atoms with Crippen LogP contribution in [0.1, 0.15) is 40.0 Å². The summed E-state index contributed by atoms with van der Waals surface area (Å²) < 4.78 is 10.8. The number of ketones is 1. The maximum atomic E-state index is 11.3. The maximum absolute atomic E-state index is 11.3. The molecular formula is C11H20O4. The van der Waals surface area contributed by atoms with Gasteiger partial charge < -0.3 is 14.3 Å². The van der Waals surface area contributed by atoms with Crippen molar-refractivity contribution in [2.24, 2.45) is 0 Å². The van der Waals surface area contributed by atoms with E-state index in [1.807, 2.05) is 13.8 Å². The molecular weight excluding hydrogens is 196 g/mol. The molecule has 0 saturated carbocycles. The molecule has 0 fully saturated rings. The largest absolute Gasteiger partial charge is 0.353 e. The average Bonchev–Trinajstić information content (AvgIpc) is 2.17. The zero-order valence-corrected chi connectivity index (χ0v) is 9.91. The summed E-state index contributed by atoms with van der Waals surface area (Å²) in [5.41, 5.74) is 0. The number of hydrogen-bond donors (Lipinski definition) is 0. The van der Waals surface area contributed by atoms with Gasteiger partial charge in [-0.25, -0.2) is 0 Å². The number of Topliss-reactive ketones (excluding diaryl/α,β-unsaturated/α-hetero) is 1. The van der Waals surface area contributed by atoms with E-state index < -0.39 is 5.79 Å². The fourth-order valence-electron chi connectivity index (χ4n) is 1.19. The fourth-order valence-corrected chi connectivity index (χ4v) is 1.19. The molecule has 0 bridgehead atoms. The first-order chi connectivity index (χ1) is 6.97. The van der Waals surface area contributed by atoms with E-state index in [1.165, 1.54) is 7.11 Å². The highest BCUT2D eigenvalue weighted by Crippen LogP contribution is 2.20. The monoisotopic (exact) mass is 216 g/mol. The van der Waals surface area contributed by atoms with Gasteiger partial charge in [0, 0.05) is 7.11 Å². The van der Waals surface area contributed by atoms with Crippen molar-refractivity contribution in [3.63, 3.8) is 0 Å². The molecule has 0 aliphatic rings. The summed E-state index contributed by atoms with van der Waals surface area (Å²) in [4.78, 5) is 21.5. The van der Waals surface area contributed by atoms with Crippen LogP contribution in [0, 0.1) is 0 Å². The van der Waals surface area contributed by atoms with Crippen molar-refractivity contribution in [2.45, 2.75) is 51.9 Å². The topological polar surface area (TPSA) is 52.6 Å². The van der Waals surface area contributed by atoms with Crippen molar-refractivity contribution >= 4 is 12.1 Å². The average molecular weight is 216 g/mol. The van der Waals surface area contributed by atoms with Gasteiger partial charge >= 0.3 is 0 Å². The van der Waals surface area contributed by atoms with Crippen LogP contribution >= 0.6 is 0 Å². The molecule has 0 N–H and O–H groups in total. The highest BCUT2D eigenvalue weighted by Gasteiger charge is 2.29. The smallest absolute Gasteiger partial charge is 0.172 e. The molecule has 0 aromatic heterocycles. The SMILES string of the molecule is CCC(C)OC(C)(CC(=O)CC=O)OC. The van der Waals surface area contributed by atoms with Crippen LogP contribution in [-0.2, 0) is 19.1 Å². The van der Waals surface area contributed by atoms with Gasteiger partial charge in [0.05, 0.1) is 18.9 Å². The second-order valence-corrected chi connectivity index (χ2v) is 3.76. The molecule has 0 aliphatic carbocycles. The third-order valence-corrected chi connectivity index (χ3v) is 2.29. The van der Waals surface area contributed by atoms with Gasteiger partial charge in [-0.3, -0.25) is 4.79 Å². The van der Waals surface area contributed by atoms with Gasteiger partial charge in [0.25, 0.3) is 0 Å². The van der Waals surface area contributed by atoms with Crippen LogP contribution in [0.5, 0.6) is 0 Å². The lowest BCUT2D eigenvalue weighted by atomic mass is 10.1. The minimum Gasteiger partial charge on any atom is -0.353 e. The van der Waals surface area contributed by atoms with Crippen LogP contribution in [0.25, 0.3) is 0 Å². The number of methoxy groups -OCH3 is 1. The van der Waals surface area contributed by atoms with Gasteiger partial charge in [-0.2, -0.15) is 0 Å². The lowest BCUT2D eigenvalue weighted by molar-refractivity contribution is -0.233. The first-order valence-electron chi connectivity index (χ1n) is 5.15. The molecule has 0 saturated heterocycles. The third kappa shape index (κ3) is 5.64. The van der Waals surface area contributed by atoms with E-state index >= 15 is 0 Å². The van der Waals surface area contributed by atoms with Crippen molar-refractivity contribution in [1.82, 2.24) is 0 Å². The highest BCUT2D eigenvalue weighted by atomic mass is 16.7. The Morgan fingerprint density at radius 1 is 1.53 bits per heavy atom. The Balaban J connectivity index is 4.29. The molecule has 0 radical (unpaired) electrons. The Hall–Kier alpha value is -0.740. The maximum Gasteiger partial charge on any atom is 0.172 e. The van der Waals surface area contributed by atoms with Crippen molar-refractivity contribution < 1.29 is 19.1 Å². The van der Waals surface area contributed by atoms with E-state index in [0.29, 0.717) is 6.29 Å². The Bertz CT molecular complexity index is 215. The van der Waals surface area contributed by atoms with Gasteiger partial charge in [-0.1, -0.05) is 6.92 Å². The summed E-state index contributed by atoms with van der Waals surface area (Å²) in [5.74, 6) is -1.09. The van der Waals surface area contributed by atoms with Gasteiger partial charge in [0.15, 0.2) is 5.79 Å². The minimum atomic E-state index is -0.921. The van der Waals surface area contributed by atoms with E-state index in [0.717, 1.165) is 6.42 Å². The number of carbonyl (C=O) groups is 2. The minimum absolute atomic E-state index is 0.0268. The number of ether oxygens (including phenoxy) is 2. The Morgan fingerprint density at radius 2 is 2.13 bits per heavy atom. The molecule has 0 aromatic rings. The van der Waals surface area contributed by atoms with Crippen LogP contribution in [-0.4, -0.2) is 31.1 Å². The number of hydrogen-bond acceptors (Lipinski definition) is 4. The summed E-state index contributed by atoms with van der Waals surface area (Å²) in [7, 11) is 1.50. The van der Waals surface area contributed by atoms with Gasteiger partial charge in [-0.05, 0) is 20.3 Å². The standard InChI is InChI=1S/C11H20O4/c1-5-9(2)15-11(3,14-4)8-10(13)6-7-12/h7,9H,5-6,8H2,1-4H3.